The molecule has 0 aliphatic rings. The Bertz CT molecular complexity index is 490. The van der Waals surface area contributed by atoms with Crippen molar-refractivity contribution in [3.8, 4) is 5.75 Å². The fourth-order valence-electron chi connectivity index (χ4n) is 1.19. The van der Waals surface area contributed by atoms with Crippen molar-refractivity contribution >= 4 is 10.9 Å². The van der Waals surface area contributed by atoms with Crippen molar-refractivity contribution in [1.82, 2.24) is 9.78 Å². The van der Waals surface area contributed by atoms with Gasteiger partial charge in [0.05, 0.1) is 22.9 Å². The quantitative estimate of drug-likeness (QED) is 0.641. The minimum atomic E-state index is -2.41. The minimum absolute atomic E-state index is 0.325. The number of ether oxygens (including phenoxy) is 1. The molecule has 1 heterocycles. The number of aryl methyl sites for hydroxylation is 1. The summed E-state index contributed by atoms with van der Waals surface area (Å²) in [5.41, 5.74) is 0.844. The van der Waals surface area contributed by atoms with Crippen LogP contribution in [0.3, 0.4) is 0 Å². The van der Waals surface area contributed by atoms with Gasteiger partial charge in [0.1, 0.15) is 5.75 Å². The van der Waals surface area contributed by atoms with Crippen LogP contribution in [-0.2, 0) is 7.05 Å². The third-order valence-corrected chi connectivity index (χ3v) is 1.84. The van der Waals surface area contributed by atoms with Crippen LogP contribution in [-0.4, -0.2) is 16.8 Å². The molecule has 0 aliphatic heterocycles. The van der Waals surface area contributed by atoms with Gasteiger partial charge in [0.15, 0.2) is 0 Å². The molecule has 0 saturated carbocycles. The van der Waals surface area contributed by atoms with Crippen molar-refractivity contribution in [2.45, 2.75) is 0 Å². The molecule has 0 fully saturated rings. The highest BCUT2D eigenvalue weighted by Crippen LogP contribution is 2.19. The first-order valence-corrected chi connectivity index (χ1v) is 3.56. The molecule has 0 saturated heterocycles. The third-order valence-electron chi connectivity index (χ3n) is 1.84. The van der Waals surface area contributed by atoms with Crippen LogP contribution >= 0.6 is 0 Å². The zero-order chi connectivity index (χ0) is 11.1. The van der Waals surface area contributed by atoms with Gasteiger partial charge < -0.3 is 4.74 Å². The maximum absolute atomic E-state index is 6.98. The van der Waals surface area contributed by atoms with E-state index in [0.717, 1.165) is 10.9 Å². The van der Waals surface area contributed by atoms with E-state index >= 15 is 0 Å². The highest BCUT2D eigenvalue weighted by molar-refractivity contribution is 5.79. The summed E-state index contributed by atoms with van der Waals surface area (Å²) in [6.45, 7) is 0. The van der Waals surface area contributed by atoms with Crippen LogP contribution in [0.1, 0.15) is 4.11 Å². The van der Waals surface area contributed by atoms with Crippen molar-refractivity contribution in [3.05, 3.63) is 24.4 Å². The number of fused-ring (bicyclic) bond motifs is 1. The van der Waals surface area contributed by atoms with Crippen LogP contribution in [0, 0.1) is 0 Å². The molecule has 0 radical (unpaired) electrons. The molecule has 0 N–H and O–H groups in total. The third kappa shape index (κ3) is 0.942. The molecule has 0 spiro atoms. The molecule has 1 aromatic carbocycles. The molecular formula is C9H10N2O. The maximum Gasteiger partial charge on any atom is 0.121 e. The van der Waals surface area contributed by atoms with Crippen molar-refractivity contribution in [1.29, 1.82) is 0 Å². The minimum Gasteiger partial charge on any atom is -0.497 e. The first kappa shape index (κ1) is 4.50. The van der Waals surface area contributed by atoms with Gasteiger partial charge in [-0.25, -0.2) is 0 Å². The summed E-state index contributed by atoms with van der Waals surface area (Å²) >= 11 is 0. The number of methoxy groups -OCH3 is 1. The fraction of sp³-hybridized carbons (Fsp3) is 0.222. The summed E-state index contributed by atoms with van der Waals surface area (Å²) in [6, 6.07) is 5.06. The first-order chi connectivity index (χ1) is 6.96. The number of nitrogens with zero attached hydrogens (tertiary/aromatic N) is 2. The van der Waals surface area contributed by atoms with E-state index in [1.807, 2.05) is 0 Å². The SMILES string of the molecule is [2H]C([2H])([2H])Oc1ccc2cnn(C)c2c1. The molecule has 62 valence electrons. The summed E-state index contributed by atoms with van der Waals surface area (Å²) in [4.78, 5) is 0. The number of rotatable bonds is 1. The summed E-state index contributed by atoms with van der Waals surface area (Å²) in [6.07, 6.45) is 1.72. The lowest BCUT2D eigenvalue weighted by Crippen LogP contribution is -1.89. The highest BCUT2D eigenvalue weighted by atomic mass is 16.5. The van der Waals surface area contributed by atoms with Crippen LogP contribution in [0.25, 0.3) is 10.9 Å². The Morgan fingerprint density at radius 2 is 2.50 bits per heavy atom. The van der Waals surface area contributed by atoms with Crippen LogP contribution in [0.4, 0.5) is 0 Å². The molecule has 2 aromatic rings. The van der Waals surface area contributed by atoms with E-state index in [2.05, 4.69) is 5.10 Å². The normalized spacial score (nSPS) is 15.2. The lowest BCUT2D eigenvalue weighted by molar-refractivity contribution is 0.415. The summed E-state index contributed by atoms with van der Waals surface area (Å²) in [5, 5.41) is 5.01. The predicted octanol–water partition coefficient (Wildman–Crippen LogP) is 1.58. The van der Waals surface area contributed by atoms with Gasteiger partial charge in [-0.1, -0.05) is 0 Å². The van der Waals surface area contributed by atoms with Crippen molar-refractivity contribution < 1.29 is 8.85 Å². The molecule has 0 atom stereocenters. The standard InChI is InChI=1S/C9H10N2O/c1-11-9-5-8(12-2)4-3-7(9)6-10-11/h3-6H,1-2H3/i2D3. The monoisotopic (exact) mass is 165 g/mol. The molecule has 0 bridgehead atoms. The molecule has 3 nitrogen and oxygen atoms in total. The van der Waals surface area contributed by atoms with E-state index < -0.39 is 7.04 Å². The van der Waals surface area contributed by atoms with Gasteiger partial charge in [-0.05, 0) is 12.1 Å². The number of hydrogen-bond donors (Lipinski definition) is 0. The van der Waals surface area contributed by atoms with Crippen LogP contribution in [0.2, 0.25) is 0 Å². The van der Waals surface area contributed by atoms with Crippen molar-refractivity contribution in [2.24, 2.45) is 7.05 Å². The smallest absolute Gasteiger partial charge is 0.121 e. The fourth-order valence-corrected chi connectivity index (χ4v) is 1.19. The zero-order valence-corrected chi connectivity index (χ0v) is 6.61. The van der Waals surface area contributed by atoms with Gasteiger partial charge in [-0.15, -0.1) is 0 Å². The Morgan fingerprint density at radius 1 is 1.58 bits per heavy atom. The number of aromatic nitrogens is 2. The predicted molar refractivity (Wildman–Crippen MR) is 47.3 cm³/mol. The lowest BCUT2D eigenvalue weighted by Gasteiger charge is -1.99. The van der Waals surface area contributed by atoms with Crippen LogP contribution in [0.5, 0.6) is 5.75 Å². The molecule has 1 aromatic heterocycles. The molecule has 0 aliphatic carbocycles. The first-order valence-electron chi connectivity index (χ1n) is 5.06. The molecular weight excluding hydrogens is 152 g/mol. The maximum atomic E-state index is 6.98. The second-order valence-electron chi connectivity index (χ2n) is 2.59. The Kier molecular flexibility index (Phi) is 0.943. The van der Waals surface area contributed by atoms with Gasteiger partial charge in [-0.2, -0.15) is 5.10 Å². The highest BCUT2D eigenvalue weighted by Gasteiger charge is 1.99. The second-order valence-corrected chi connectivity index (χ2v) is 2.59. The molecule has 12 heavy (non-hydrogen) atoms. The molecule has 0 unspecified atom stereocenters. The van der Waals surface area contributed by atoms with Gasteiger partial charge in [0.25, 0.3) is 0 Å². The van der Waals surface area contributed by atoms with Crippen molar-refractivity contribution in [3.63, 3.8) is 0 Å². The van der Waals surface area contributed by atoms with E-state index in [1.165, 1.54) is 0 Å². The van der Waals surface area contributed by atoms with Crippen LogP contribution < -0.4 is 4.74 Å². The second kappa shape index (κ2) is 2.52. The summed E-state index contributed by atoms with van der Waals surface area (Å²) in [7, 11) is -0.617. The number of hydrogen-bond acceptors (Lipinski definition) is 2. The van der Waals surface area contributed by atoms with Gasteiger partial charge in [0, 0.05) is 18.5 Å². The van der Waals surface area contributed by atoms with Crippen molar-refractivity contribution in [2.75, 3.05) is 7.04 Å². The topological polar surface area (TPSA) is 27.1 Å². The van der Waals surface area contributed by atoms with Gasteiger partial charge in [0.2, 0.25) is 0 Å². The Balaban J connectivity index is 2.42. The average molecular weight is 165 g/mol. The van der Waals surface area contributed by atoms with Crippen LogP contribution in [0.15, 0.2) is 24.4 Å². The average Bonchev–Trinajstić information content (AvgIpc) is 2.45. The van der Waals surface area contributed by atoms with E-state index in [4.69, 9.17) is 8.85 Å². The Labute approximate surface area is 74.8 Å². The van der Waals surface area contributed by atoms with E-state index in [-0.39, 0.29) is 0 Å². The molecule has 2 rings (SSSR count). The number of benzene rings is 1. The summed E-state index contributed by atoms with van der Waals surface area (Å²) < 4.78 is 27.4. The van der Waals surface area contributed by atoms with E-state index in [1.54, 1.807) is 36.1 Å². The molecule has 3 heteroatoms. The zero-order valence-electron chi connectivity index (χ0n) is 9.61. The van der Waals surface area contributed by atoms with E-state index in [0.29, 0.717) is 5.75 Å². The van der Waals surface area contributed by atoms with Gasteiger partial charge >= 0.3 is 0 Å². The van der Waals surface area contributed by atoms with Gasteiger partial charge in [-0.3, -0.25) is 4.68 Å². The Morgan fingerprint density at radius 3 is 3.33 bits per heavy atom. The molecule has 0 amide bonds. The lowest BCUT2D eigenvalue weighted by atomic mass is 10.2. The van der Waals surface area contributed by atoms with E-state index in [9.17, 15) is 0 Å². The largest absolute Gasteiger partial charge is 0.497 e. The summed E-state index contributed by atoms with van der Waals surface area (Å²) in [5.74, 6) is 0.325. The Hall–Kier alpha value is -1.51.